The summed E-state index contributed by atoms with van der Waals surface area (Å²) in [4.78, 5) is 0. The fraction of sp³-hybridized carbons (Fsp3) is 0.920. The minimum atomic E-state index is -0.0465. The van der Waals surface area contributed by atoms with Gasteiger partial charge in [0.05, 0.1) is 6.10 Å². The fourth-order valence-electron chi connectivity index (χ4n) is 7.76. The topological polar surface area (TPSA) is 20.2 Å². The molecule has 3 saturated carbocycles. The van der Waals surface area contributed by atoms with Gasteiger partial charge < -0.3 is 5.11 Å². The first-order valence-corrected chi connectivity index (χ1v) is 12.1. The van der Waals surface area contributed by atoms with Crippen LogP contribution in [-0.2, 0) is 0 Å². The highest BCUT2D eigenvalue weighted by Gasteiger charge is 2.50. The van der Waals surface area contributed by atoms with Crippen LogP contribution in [0.1, 0.15) is 97.3 Å². The zero-order valence-corrected chi connectivity index (χ0v) is 17.3. The van der Waals surface area contributed by atoms with Gasteiger partial charge in [-0.3, -0.25) is 0 Å². The second-order valence-electron chi connectivity index (χ2n) is 10.4. The Labute approximate surface area is 162 Å². The van der Waals surface area contributed by atoms with Gasteiger partial charge in [-0.15, -0.1) is 0 Å². The van der Waals surface area contributed by atoms with E-state index in [-0.39, 0.29) is 6.10 Å². The van der Waals surface area contributed by atoms with Gasteiger partial charge in [-0.2, -0.15) is 0 Å². The third kappa shape index (κ3) is 3.67. The van der Waals surface area contributed by atoms with Crippen molar-refractivity contribution < 1.29 is 5.11 Å². The van der Waals surface area contributed by atoms with E-state index in [2.05, 4.69) is 19.9 Å². The Morgan fingerprint density at radius 1 is 0.923 bits per heavy atom. The summed E-state index contributed by atoms with van der Waals surface area (Å²) < 4.78 is 0. The molecular weight excluding hydrogens is 316 g/mol. The molecule has 4 aliphatic carbocycles. The summed E-state index contributed by atoms with van der Waals surface area (Å²) in [5, 5.41) is 10.1. The predicted molar refractivity (Wildman–Crippen MR) is 110 cm³/mol. The molecule has 0 aliphatic heterocycles. The molecule has 3 fully saturated rings. The Hall–Kier alpha value is -0.300. The van der Waals surface area contributed by atoms with Crippen molar-refractivity contribution in [3.63, 3.8) is 0 Å². The summed E-state index contributed by atoms with van der Waals surface area (Å²) >= 11 is 0. The lowest BCUT2D eigenvalue weighted by molar-refractivity contribution is 0.0281. The summed E-state index contributed by atoms with van der Waals surface area (Å²) in [5.74, 6) is 6.84. The molecule has 0 aromatic heterocycles. The Morgan fingerprint density at radius 3 is 2.58 bits per heavy atom. The minimum absolute atomic E-state index is 0.0465. The normalized spacial score (nSPS) is 43.2. The number of fused-ring (bicyclic) bond motifs is 5. The minimum Gasteiger partial charge on any atom is -0.393 e. The molecule has 0 amide bonds. The first-order valence-electron chi connectivity index (χ1n) is 12.1. The zero-order valence-electron chi connectivity index (χ0n) is 17.3. The van der Waals surface area contributed by atoms with Crippen LogP contribution in [0.4, 0.5) is 0 Å². The molecule has 1 N–H and O–H groups in total. The molecule has 8 unspecified atom stereocenters. The molecule has 4 rings (SSSR count). The summed E-state index contributed by atoms with van der Waals surface area (Å²) in [6.45, 7) is 4.90. The van der Waals surface area contributed by atoms with E-state index in [1.807, 2.05) is 0 Å². The second kappa shape index (κ2) is 8.38. The standard InChI is InChI=1S/C25H42O/c1-3-4-5-6-7-17(2)20-12-13-25-22(20)14-15-23-21-11-9-19(26)16-18(21)8-10-24(23)25/h8,17,19-26H,3-7,9-16H2,1-2H3. The SMILES string of the molecule is CCCCCCC(C)C1CCC2C1CCC1C3CCC(O)CC3=CCC12. The Kier molecular flexibility index (Phi) is 6.13. The van der Waals surface area contributed by atoms with Crippen LogP contribution >= 0.6 is 0 Å². The number of hydrogen-bond donors (Lipinski definition) is 1. The van der Waals surface area contributed by atoms with Crippen molar-refractivity contribution in [1.29, 1.82) is 0 Å². The number of unbranched alkanes of at least 4 members (excludes halogenated alkanes) is 3. The van der Waals surface area contributed by atoms with Gasteiger partial charge in [-0.25, -0.2) is 0 Å². The quantitative estimate of drug-likeness (QED) is 0.411. The number of aliphatic hydroxyl groups is 1. The second-order valence-corrected chi connectivity index (χ2v) is 10.4. The van der Waals surface area contributed by atoms with Gasteiger partial charge in [0.2, 0.25) is 0 Å². The third-order valence-electron chi connectivity index (χ3n) is 9.04. The Bertz CT molecular complexity index is 494. The lowest BCUT2D eigenvalue weighted by Crippen LogP contribution is -2.42. The van der Waals surface area contributed by atoms with Crippen LogP contribution < -0.4 is 0 Å². The van der Waals surface area contributed by atoms with Crippen molar-refractivity contribution in [2.24, 2.45) is 41.4 Å². The van der Waals surface area contributed by atoms with E-state index < -0.39 is 0 Å². The lowest BCUT2D eigenvalue weighted by atomic mass is 9.56. The van der Waals surface area contributed by atoms with Crippen molar-refractivity contribution in [3.05, 3.63) is 11.6 Å². The van der Waals surface area contributed by atoms with Crippen LogP contribution in [0.25, 0.3) is 0 Å². The fourth-order valence-corrected chi connectivity index (χ4v) is 7.76. The van der Waals surface area contributed by atoms with Gasteiger partial charge in [-0.1, -0.05) is 57.6 Å². The summed E-state index contributed by atoms with van der Waals surface area (Å²) in [6.07, 6.45) is 20.4. The molecule has 0 aromatic carbocycles. The molecule has 4 aliphatic rings. The number of allylic oxidation sites excluding steroid dienone is 1. The maximum atomic E-state index is 10.1. The van der Waals surface area contributed by atoms with E-state index in [0.717, 1.165) is 54.3 Å². The number of hydrogen-bond acceptors (Lipinski definition) is 1. The predicted octanol–water partition coefficient (Wildman–Crippen LogP) is 6.75. The van der Waals surface area contributed by atoms with Crippen LogP contribution in [-0.4, -0.2) is 11.2 Å². The average molecular weight is 359 g/mol. The molecule has 1 nitrogen and oxygen atoms in total. The largest absolute Gasteiger partial charge is 0.393 e. The van der Waals surface area contributed by atoms with Crippen molar-refractivity contribution in [3.8, 4) is 0 Å². The molecule has 0 bridgehead atoms. The summed E-state index contributed by atoms with van der Waals surface area (Å²) in [6, 6.07) is 0. The average Bonchev–Trinajstić information content (AvgIpc) is 3.09. The van der Waals surface area contributed by atoms with Crippen molar-refractivity contribution in [2.75, 3.05) is 0 Å². The molecule has 148 valence electrons. The molecular formula is C25H42O. The highest BCUT2D eigenvalue weighted by atomic mass is 16.3. The molecule has 0 spiro atoms. The highest BCUT2D eigenvalue weighted by Crippen LogP contribution is 2.59. The van der Waals surface area contributed by atoms with Crippen molar-refractivity contribution in [1.82, 2.24) is 0 Å². The van der Waals surface area contributed by atoms with Gasteiger partial charge in [-0.05, 0) is 92.8 Å². The number of rotatable bonds is 6. The van der Waals surface area contributed by atoms with Crippen molar-refractivity contribution in [2.45, 2.75) is 103 Å². The van der Waals surface area contributed by atoms with Crippen molar-refractivity contribution >= 4 is 0 Å². The highest BCUT2D eigenvalue weighted by molar-refractivity contribution is 5.19. The Balaban J connectivity index is 1.38. The van der Waals surface area contributed by atoms with Gasteiger partial charge in [0.15, 0.2) is 0 Å². The van der Waals surface area contributed by atoms with Crippen LogP contribution in [0.15, 0.2) is 11.6 Å². The third-order valence-corrected chi connectivity index (χ3v) is 9.04. The molecule has 26 heavy (non-hydrogen) atoms. The molecule has 1 heteroatoms. The van der Waals surface area contributed by atoms with Gasteiger partial charge in [0.25, 0.3) is 0 Å². The van der Waals surface area contributed by atoms with Gasteiger partial charge >= 0.3 is 0 Å². The maximum absolute atomic E-state index is 10.1. The smallest absolute Gasteiger partial charge is 0.0577 e. The Morgan fingerprint density at radius 2 is 1.73 bits per heavy atom. The van der Waals surface area contributed by atoms with E-state index in [0.29, 0.717) is 0 Å². The maximum Gasteiger partial charge on any atom is 0.0577 e. The molecule has 8 atom stereocenters. The van der Waals surface area contributed by atoms with E-state index >= 15 is 0 Å². The van der Waals surface area contributed by atoms with E-state index in [1.54, 1.807) is 5.57 Å². The first kappa shape index (κ1) is 19.0. The monoisotopic (exact) mass is 358 g/mol. The molecule has 0 heterocycles. The van der Waals surface area contributed by atoms with E-state index in [4.69, 9.17) is 0 Å². The number of aliphatic hydroxyl groups excluding tert-OH is 1. The molecule has 0 radical (unpaired) electrons. The van der Waals surface area contributed by atoms with Crippen LogP contribution in [0.5, 0.6) is 0 Å². The zero-order chi connectivity index (χ0) is 18.1. The summed E-state index contributed by atoms with van der Waals surface area (Å²) in [7, 11) is 0. The molecule has 0 aromatic rings. The van der Waals surface area contributed by atoms with Gasteiger partial charge in [0, 0.05) is 0 Å². The van der Waals surface area contributed by atoms with Crippen LogP contribution in [0, 0.1) is 41.4 Å². The van der Waals surface area contributed by atoms with Crippen LogP contribution in [0.3, 0.4) is 0 Å². The van der Waals surface area contributed by atoms with E-state index in [1.165, 1.54) is 70.6 Å². The first-order chi connectivity index (χ1) is 12.7. The van der Waals surface area contributed by atoms with E-state index in [9.17, 15) is 5.11 Å². The van der Waals surface area contributed by atoms with Crippen LogP contribution in [0.2, 0.25) is 0 Å². The van der Waals surface area contributed by atoms with Gasteiger partial charge in [0.1, 0.15) is 0 Å². The summed E-state index contributed by atoms with van der Waals surface area (Å²) in [5.41, 5.74) is 1.64. The molecule has 0 saturated heterocycles. The lowest BCUT2D eigenvalue weighted by Gasteiger charge is -2.50.